The van der Waals surface area contributed by atoms with E-state index in [1.165, 1.54) is 12.1 Å². The second kappa shape index (κ2) is 10.4. The summed E-state index contributed by atoms with van der Waals surface area (Å²) in [7, 11) is 1.64. The highest BCUT2D eigenvalue weighted by Gasteiger charge is 2.36. The number of urea groups is 1. The van der Waals surface area contributed by atoms with Crippen molar-refractivity contribution in [2.45, 2.75) is 32.4 Å². The highest BCUT2D eigenvalue weighted by molar-refractivity contribution is 5.76. The molecule has 1 aliphatic heterocycles. The van der Waals surface area contributed by atoms with E-state index < -0.39 is 6.04 Å². The SMILES string of the molecule is CCc1nn(-c2ccccc2)c2c1CN(C(=O)NCCCOC)[C@@H](c1cccc(F)c1)c1cccn1-2. The van der Waals surface area contributed by atoms with E-state index in [0.29, 0.717) is 38.1 Å². The number of halogens is 1. The molecular formula is C28H30FN5O2. The summed E-state index contributed by atoms with van der Waals surface area (Å²) in [6, 6.07) is 19.7. The highest BCUT2D eigenvalue weighted by atomic mass is 19.1. The second-order valence-electron chi connectivity index (χ2n) is 8.82. The summed E-state index contributed by atoms with van der Waals surface area (Å²) in [4.78, 5) is 15.4. The Morgan fingerprint density at radius 1 is 1.14 bits per heavy atom. The van der Waals surface area contributed by atoms with Crippen molar-refractivity contribution in [2.75, 3.05) is 20.3 Å². The van der Waals surface area contributed by atoms with Crippen LogP contribution in [0.4, 0.5) is 9.18 Å². The largest absolute Gasteiger partial charge is 0.385 e. The van der Waals surface area contributed by atoms with Gasteiger partial charge in [0.15, 0.2) is 0 Å². The van der Waals surface area contributed by atoms with Gasteiger partial charge in [-0.1, -0.05) is 37.3 Å². The average molecular weight is 488 g/mol. The first-order valence-electron chi connectivity index (χ1n) is 12.2. The number of carbonyl (C=O) groups excluding carboxylic acids is 1. The number of methoxy groups -OCH3 is 1. The fourth-order valence-electron chi connectivity index (χ4n) is 4.89. The molecule has 0 bridgehead atoms. The minimum Gasteiger partial charge on any atom is -0.385 e. The van der Waals surface area contributed by atoms with Gasteiger partial charge in [0.2, 0.25) is 0 Å². The lowest BCUT2D eigenvalue weighted by atomic mass is 10.0. The lowest BCUT2D eigenvalue weighted by molar-refractivity contribution is 0.174. The molecule has 1 N–H and O–H groups in total. The van der Waals surface area contributed by atoms with E-state index in [4.69, 9.17) is 9.84 Å². The third-order valence-electron chi connectivity index (χ3n) is 6.53. The van der Waals surface area contributed by atoms with Gasteiger partial charge in [0.25, 0.3) is 0 Å². The lowest BCUT2D eigenvalue weighted by Gasteiger charge is -2.31. The maximum absolute atomic E-state index is 14.4. The van der Waals surface area contributed by atoms with E-state index in [1.807, 2.05) is 59.4 Å². The first-order valence-corrected chi connectivity index (χ1v) is 12.2. The van der Waals surface area contributed by atoms with Crippen LogP contribution >= 0.6 is 0 Å². The second-order valence-corrected chi connectivity index (χ2v) is 8.82. The number of benzene rings is 2. The summed E-state index contributed by atoms with van der Waals surface area (Å²) in [6.07, 6.45) is 3.40. The van der Waals surface area contributed by atoms with Crippen molar-refractivity contribution >= 4 is 6.03 Å². The van der Waals surface area contributed by atoms with E-state index in [0.717, 1.165) is 28.5 Å². The number of nitrogens with zero attached hydrogens (tertiary/aromatic N) is 4. The molecule has 0 fully saturated rings. The summed E-state index contributed by atoms with van der Waals surface area (Å²) < 4.78 is 23.6. The number of aryl methyl sites for hydroxylation is 1. The maximum atomic E-state index is 14.4. The monoisotopic (exact) mass is 487 g/mol. The molecule has 0 radical (unpaired) electrons. The number of nitrogens with one attached hydrogen (secondary N) is 1. The molecule has 0 unspecified atom stereocenters. The van der Waals surface area contributed by atoms with Gasteiger partial charge < -0.3 is 19.5 Å². The standard InChI is InChI=1S/C28H30FN5O2/c1-3-24-23-19-33(28(35)30-15-9-17-36-2)26(20-10-7-11-21(29)18-20)25-14-8-16-32(25)27(23)34(31-24)22-12-5-4-6-13-22/h4-8,10-14,16,18,26H,3,9,15,17,19H2,1-2H3,(H,30,35)/t26-/m0/s1. The molecule has 5 rings (SSSR count). The molecule has 1 aliphatic rings. The van der Waals surface area contributed by atoms with E-state index >= 15 is 0 Å². The van der Waals surface area contributed by atoms with Crippen molar-refractivity contribution in [2.24, 2.45) is 0 Å². The minimum atomic E-state index is -0.487. The number of amides is 2. The van der Waals surface area contributed by atoms with Gasteiger partial charge in [0, 0.05) is 32.0 Å². The number of hydrogen-bond acceptors (Lipinski definition) is 3. The van der Waals surface area contributed by atoms with Crippen molar-refractivity contribution in [3.63, 3.8) is 0 Å². The fourth-order valence-corrected chi connectivity index (χ4v) is 4.89. The number of rotatable bonds is 7. The summed E-state index contributed by atoms with van der Waals surface area (Å²) in [5.74, 6) is 0.562. The molecule has 1 atom stereocenters. The molecule has 0 saturated carbocycles. The summed E-state index contributed by atoms with van der Waals surface area (Å²) in [6.45, 7) is 3.45. The minimum absolute atomic E-state index is 0.213. The van der Waals surface area contributed by atoms with Crippen molar-refractivity contribution in [1.29, 1.82) is 0 Å². The molecule has 8 heteroatoms. The third kappa shape index (κ3) is 4.40. The van der Waals surface area contributed by atoms with Crippen LogP contribution in [0, 0.1) is 5.82 Å². The first-order chi connectivity index (χ1) is 17.6. The summed E-state index contributed by atoms with van der Waals surface area (Å²) in [5, 5.41) is 7.99. The van der Waals surface area contributed by atoms with Crippen LogP contribution in [0.15, 0.2) is 72.9 Å². The Balaban J connectivity index is 1.68. The van der Waals surface area contributed by atoms with E-state index in [9.17, 15) is 9.18 Å². The molecule has 7 nitrogen and oxygen atoms in total. The fraction of sp³-hybridized carbons (Fsp3) is 0.286. The van der Waals surface area contributed by atoms with Crippen LogP contribution in [-0.2, 0) is 17.7 Å². The van der Waals surface area contributed by atoms with Gasteiger partial charge in [-0.05, 0) is 54.8 Å². The van der Waals surface area contributed by atoms with Crippen LogP contribution in [0.3, 0.4) is 0 Å². The predicted octanol–water partition coefficient (Wildman–Crippen LogP) is 5.02. The van der Waals surface area contributed by atoms with E-state index in [-0.39, 0.29) is 11.8 Å². The molecule has 0 spiro atoms. The van der Waals surface area contributed by atoms with Crippen LogP contribution in [0.1, 0.15) is 41.9 Å². The van der Waals surface area contributed by atoms with Gasteiger partial charge in [0.05, 0.1) is 29.7 Å². The van der Waals surface area contributed by atoms with E-state index in [1.54, 1.807) is 18.1 Å². The number of aromatic nitrogens is 3. The average Bonchev–Trinajstić information content (AvgIpc) is 3.48. The molecule has 2 aromatic heterocycles. The Morgan fingerprint density at radius 3 is 2.72 bits per heavy atom. The number of para-hydroxylation sites is 1. The van der Waals surface area contributed by atoms with Gasteiger partial charge in [-0.2, -0.15) is 5.10 Å². The molecule has 4 aromatic rings. The Bertz CT molecular complexity index is 1350. The van der Waals surface area contributed by atoms with Crippen LogP contribution in [0.5, 0.6) is 0 Å². The van der Waals surface area contributed by atoms with Gasteiger partial charge in [-0.15, -0.1) is 0 Å². The van der Waals surface area contributed by atoms with Crippen LogP contribution < -0.4 is 5.32 Å². The zero-order valence-corrected chi connectivity index (χ0v) is 20.5. The van der Waals surface area contributed by atoms with Crippen molar-refractivity contribution in [3.05, 3.63) is 101 Å². The number of ether oxygens (including phenoxy) is 1. The van der Waals surface area contributed by atoms with Crippen LogP contribution in [0.25, 0.3) is 11.5 Å². The summed E-state index contributed by atoms with van der Waals surface area (Å²) in [5.41, 5.74) is 4.42. The van der Waals surface area contributed by atoms with Crippen molar-refractivity contribution in [3.8, 4) is 11.5 Å². The molecule has 0 aliphatic carbocycles. The molecular weight excluding hydrogens is 457 g/mol. The first kappa shape index (κ1) is 23.8. The molecule has 186 valence electrons. The van der Waals surface area contributed by atoms with Gasteiger partial charge in [0.1, 0.15) is 11.6 Å². The maximum Gasteiger partial charge on any atom is 0.318 e. The number of carbonyl (C=O) groups is 1. The molecule has 0 saturated heterocycles. The highest BCUT2D eigenvalue weighted by Crippen LogP contribution is 2.38. The van der Waals surface area contributed by atoms with E-state index in [2.05, 4.69) is 16.8 Å². The van der Waals surface area contributed by atoms with Crippen molar-refractivity contribution < 1.29 is 13.9 Å². The Morgan fingerprint density at radius 2 is 1.97 bits per heavy atom. The zero-order valence-electron chi connectivity index (χ0n) is 20.5. The topological polar surface area (TPSA) is 64.3 Å². The quantitative estimate of drug-likeness (QED) is 0.373. The smallest absolute Gasteiger partial charge is 0.318 e. The zero-order chi connectivity index (χ0) is 25.1. The van der Waals surface area contributed by atoms with Gasteiger partial charge >= 0.3 is 6.03 Å². The number of fused-ring (bicyclic) bond motifs is 3. The normalized spacial score (nSPS) is 14.8. The van der Waals surface area contributed by atoms with Crippen molar-refractivity contribution in [1.82, 2.24) is 24.6 Å². The van der Waals surface area contributed by atoms with Gasteiger partial charge in [-0.25, -0.2) is 13.9 Å². The Hall–Kier alpha value is -3.91. The molecule has 2 aromatic carbocycles. The molecule has 2 amide bonds. The lowest BCUT2D eigenvalue weighted by Crippen LogP contribution is -2.42. The van der Waals surface area contributed by atoms with Crippen LogP contribution in [0.2, 0.25) is 0 Å². The van der Waals surface area contributed by atoms with Crippen LogP contribution in [-0.4, -0.2) is 45.5 Å². The van der Waals surface area contributed by atoms with Gasteiger partial charge in [-0.3, -0.25) is 0 Å². The Labute approximate surface area is 210 Å². The molecule has 36 heavy (non-hydrogen) atoms. The summed E-state index contributed by atoms with van der Waals surface area (Å²) >= 11 is 0. The predicted molar refractivity (Wildman–Crippen MR) is 136 cm³/mol. The number of hydrogen-bond donors (Lipinski definition) is 1. The Kier molecular flexibility index (Phi) is 6.86. The molecule has 3 heterocycles. The third-order valence-corrected chi connectivity index (χ3v) is 6.53.